The van der Waals surface area contributed by atoms with Crippen LogP contribution in [0.2, 0.25) is 0 Å². The van der Waals surface area contributed by atoms with Gasteiger partial charge in [-0.2, -0.15) is 0 Å². The van der Waals surface area contributed by atoms with Crippen molar-refractivity contribution in [3.8, 4) is 0 Å². The molecule has 2 amide bonds. The van der Waals surface area contributed by atoms with Gasteiger partial charge in [-0.15, -0.1) is 0 Å². The van der Waals surface area contributed by atoms with Gasteiger partial charge in [0.2, 0.25) is 5.91 Å². The van der Waals surface area contributed by atoms with Crippen molar-refractivity contribution >= 4 is 17.5 Å². The number of anilines is 1. The molecule has 0 aromatic heterocycles. The molecule has 5 rings (SSSR count). The fourth-order valence-corrected chi connectivity index (χ4v) is 5.16. The van der Waals surface area contributed by atoms with Crippen LogP contribution in [0.15, 0.2) is 78.9 Å². The average Bonchev–Trinajstić information content (AvgIpc) is 3.14. The Balaban J connectivity index is 1.30. The van der Waals surface area contributed by atoms with Crippen LogP contribution in [-0.2, 0) is 17.8 Å². The number of halogens is 1. The fourth-order valence-electron chi connectivity index (χ4n) is 5.16. The second-order valence-electron chi connectivity index (χ2n) is 9.08. The summed E-state index contributed by atoms with van der Waals surface area (Å²) in [5, 5.41) is 3.05. The third-order valence-electron chi connectivity index (χ3n) is 6.85. The lowest BCUT2D eigenvalue weighted by Gasteiger charge is -2.29. The van der Waals surface area contributed by atoms with Crippen molar-refractivity contribution in [2.24, 2.45) is 0 Å². The molecule has 0 bridgehead atoms. The third kappa shape index (κ3) is 4.73. The molecule has 3 aromatic rings. The van der Waals surface area contributed by atoms with E-state index in [0.29, 0.717) is 24.2 Å². The first-order valence-electron chi connectivity index (χ1n) is 11.8. The molecule has 1 saturated heterocycles. The maximum Gasteiger partial charge on any atom is 0.258 e. The number of para-hydroxylation sites is 1. The lowest BCUT2D eigenvalue weighted by molar-refractivity contribution is -0.120. The van der Waals surface area contributed by atoms with Crippen LogP contribution in [0.1, 0.15) is 34.3 Å². The van der Waals surface area contributed by atoms with E-state index in [4.69, 9.17) is 0 Å². The van der Waals surface area contributed by atoms with E-state index in [1.807, 2.05) is 53.4 Å². The Kier molecular flexibility index (Phi) is 6.41. The Bertz CT molecular complexity index is 1180. The number of nitrogens with one attached hydrogen (secondary N) is 1. The molecule has 1 fully saturated rings. The molecule has 2 aliphatic heterocycles. The van der Waals surface area contributed by atoms with Crippen LogP contribution in [-0.4, -0.2) is 41.9 Å². The molecule has 2 atom stereocenters. The smallest absolute Gasteiger partial charge is 0.258 e. The minimum atomic E-state index is -0.332. The second kappa shape index (κ2) is 9.77. The van der Waals surface area contributed by atoms with Gasteiger partial charge in [0, 0.05) is 43.0 Å². The van der Waals surface area contributed by atoms with Gasteiger partial charge in [0.15, 0.2) is 0 Å². The Morgan fingerprint density at radius 1 is 0.941 bits per heavy atom. The number of carbonyl (C=O) groups excluding carboxylic acids is 2. The SMILES string of the molecule is O=C(Cc1cccc(F)c1)NC[C@@H]1CC[C@H]2CN(C(=O)c3ccccc3)c3ccccc3CN12. The van der Waals surface area contributed by atoms with Crippen LogP contribution >= 0.6 is 0 Å². The monoisotopic (exact) mass is 457 g/mol. The Labute approximate surface area is 199 Å². The number of amides is 2. The summed E-state index contributed by atoms with van der Waals surface area (Å²) in [4.78, 5) is 30.3. The largest absolute Gasteiger partial charge is 0.354 e. The van der Waals surface area contributed by atoms with Gasteiger partial charge >= 0.3 is 0 Å². The van der Waals surface area contributed by atoms with Gasteiger partial charge in [-0.25, -0.2) is 4.39 Å². The molecule has 6 heteroatoms. The lowest BCUT2D eigenvalue weighted by Crippen LogP contribution is -2.46. The molecule has 2 heterocycles. The fraction of sp³-hybridized carbons (Fsp3) is 0.286. The summed E-state index contributed by atoms with van der Waals surface area (Å²) in [5.41, 5.74) is 3.43. The highest BCUT2D eigenvalue weighted by molar-refractivity contribution is 6.06. The van der Waals surface area contributed by atoms with Crippen LogP contribution < -0.4 is 10.2 Å². The molecular formula is C28H28FN3O2. The zero-order valence-electron chi connectivity index (χ0n) is 19.0. The molecule has 0 unspecified atom stereocenters. The van der Waals surface area contributed by atoms with Crippen molar-refractivity contribution in [2.45, 2.75) is 37.9 Å². The van der Waals surface area contributed by atoms with Gasteiger partial charge in [-0.05, 0) is 54.3 Å². The average molecular weight is 458 g/mol. The molecule has 1 N–H and O–H groups in total. The summed E-state index contributed by atoms with van der Waals surface area (Å²) in [6.07, 6.45) is 2.09. The molecular weight excluding hydrogens is 429 g/mol. The second-order valence-corrected chi connectivity index (χ2v) is 9.08. The number of carbonyl (C=O) groups is 2. The molecule has 0 saturated carbocycles. The molecule has 3 aromatic carbocycles. The standard InChI is InChI=1S/C28H28FN3O2/c29-23-11-6-7-20(15-23)16-27(33)30-17-24-13-14-25-19-32(28(34)21-8-2-1-3-9-21)26-12-5-4-10-22(26)18-31(24)25/h1-12,15,24-25H,13-14,16-19H2,(H,30,33)/t24-,25-/m0/s1. The molecule has 0 aliphatic carbocycles. The van der Waals surface area contributed by atoms with E-state index in [9.17, 15) is 14.0 Å². The highest BCUT2D eigenvalue weighted by Gasteiger charge is 2.38. The highest BCUT2D eigenvalue weighted by Crippen LogP contribution is 2.35. The molecule has 0 spiro atoms. The number of benzene rings is 3. The normalized spacial score (nSPS) is 19.7. The van der Waals surface area contributed by atoms with E-state index in [-0.39, 0.29) is 36.1 Å². The Hall–Kier alpha value is -3.51. The minimum Gasteiger partial charge on any atom is -0.354 e. The van der Waals surface area contributed by atoms with Gasteiger partial charge in [-0.3, -0.25) is 14.5 Å². The van der Waals surface area contributed by atoms with Gasteiger partial charge in [-0.1, -0.05) is 48.5 Å². The number of fused-ring (bicyclic) bond motifs is 2. The highest BCUT2D eigenvalue weighted by atomic mass is 19.1. The molecule has 0 radical (unpaired) electrons. The van der Waals surface area contributed by atoms with Gasteiger partial charge < -0.3 is 10.2 Å². The molecule has 5 nitrogen and oxygen atoms in total. The number of hydrogen-bond acceptors (Lipinski definition) is 3. The lowest BCUT2D eigenvalue weighted by atomic mass is 10.1. The number of rotatable bonds is 5. The minimum absolute atomic E-state index is 0.0155. The number of hydrogen-bond donors (Lipinski definition) is 1. The number of nitrogens with zero attached hydrogens (tertiary/aromatic N) is 2. The zero-order valence-corrected chi connectivity index (χ0v) is 19.0. The van der Waals surface area contributed by atoms with E-state index in [0.717, 1.165) is 30.6 Å². The van der Waals surface area contributed by atoms with E-state index >= 15 is 0 Å². The van der Waals surface area contributed by atoms with E-state index in [1.165, 1.54) is 12.1 Å². The Morgan fingerprint density at radius 3 is 2.56 bits per heavy atom. The first-order valence-corrected chi connectivity index (χ1v) is 11.8. The summed E-state index contributed by atoms with van der Waals surface area (Å²) < 4.78 is 13.4. The first kappa shape index (κ1) is 22.3. The topological polar surface area (TPSA) is 52.7 Å². The van der Waals surface area contributed by atoms with Crippen molar-refractivity contribution in [2.75, 3.05) is 18.0 Å². The van der Waals surface area contributed by atoms with Crippen LogP contribution in [0.3, 0.4) is 0 Å². The molecule has 34 heavy (non-hydrogen) atoms. The quantitative estimate of drug-likeness (QED) is 0.626. The summed E-state index contributed by atoms with van der Waals surface area (Å²) >= 11 is 0. The maximum absolute atomic E-state index is 13.4. The van der Waals surface area contributed by atoms with E-state index < -0.39 is 0 Å². The maximum atomic E-state index is 13.4. The van der Waals surface area contributed by atoms with Crippen LogP contribution in [0.5, 0.6) is 0 Å². The van der Waals surface area contributed by atoms with Crippen LogP contribution in [0.4, 0.5) is 10.1 Å². The predicted octanol–water partition coefficient (Wildman–Crippen LogP) is 4.18. The summed E-state index contributed by atoms with van der Waals surface area (Å²) in [6.45, 7) is 1.90. The Morgan fingerprint density at radius 2 is 1.74 bits per heavy atom. The van der Waals surface area contributed by atoms with E-state index in [1.54, 1.807) is 12.1 Å². The first-order chi connectivity index (χ1) is 16.6. The summed E-state index contributed by atoms with van der Waals surface area (Å²) in [7, 11) is 0. The third-order valence-corrected chi connectivity index (χ3v) is 6.85. The van der Waals surface area contributed by atoms with E-state index in [2.05, 4.69) is 16.3 Å². The van der Waals surface area contributed by atoms with Crippen molar-refractivity contribution < 1.29 is 14.0 Å². The van der Waals surface area contributed by atoms with Crippen LogP contribution in [0, 0.1) is 5.82 Å². The predicted molar refractivity (Wildman–Crippen MR) is 130 cm³/mol. The van der Waals surface area contributed by atoms with Gasteiger partial charge in [0.1, 0.15) is 5.82 Å². The van der Waals surface area contributed by atoms with Crippen LogP contribution in [0.25, 0.3) is 0 Å². The molecule has 2 aliphatic rings. The summed E-state index contributed by atoms with van der Waals surface area (Å²) in [5.74, 6) is -0.423. The van der Waals surface area contributed by atoms with Gasteiger partial charge in [0.25, 0.3) is 5.91 Å². The summed E-state index contributed by atoms with van der Waals surface area (Å²) in [6, 6.07) is 24.1. The zero-order chi connectivity index (χ0) is 23.5. The molecule has 174 valence electrons. The van der Waals surface area contributed by atoms with Crippen molar-refractivity contribution in [3.63, 3.8) is 0 Å². The van der Waals surface area contributed by atoms with Crippen molar-refractivity contribution in [1.82, 2.24) is 10.2 Å². The van der Waals surface area contributed by atoms with Crippen molar-refractivity contribution in [3.05, 3.63) is 101 Å². The van der Waals surface area contributed by atoms with Gasteiger partial charge in [0.05, 0.1) is 6.42 Å². The van der Waals surface area contributed by atoms with Crippen molar-refractivity contribution in [1.29, 1.82) is 0 Å².